The first-order valence-electron chi connectivity index (χ1n) is 8.20. The molecule has 1 amide bonds. The van der Waals surface area contributed by atoms with Crippen molar-refractivity contribution in [2.24, 2.45) is 0 Å². The summed E-state index contributed by atoms with van der Waals surface area (Å²) in [5.41, 5.74) is 0. The number of amides is 1. The third-order valence-electron chi connectivity index (χ3n) is 3.78. The lowest BCUT2D eigenvalue weighted by Crippen LogP contribution is -2.38. The van der Waals surface area contributed by atoms with Crippen LogP contribution in [0.3, 0.4) is 0 Å². The van der Waals surface area contributed by atoms with Gasteiger partial charge < -0.3 is 19.5 Å². The number of nitrogens with zero attached hydrogens (tertiary/aromatic N) is 1. The van der Waals surface area contributed by atoms with E-state index >= 15 is 0 Å². The van der Waals surface area contributed by atoms with E-state index in [1.165, 1.54) is 0 Å². The number of hydrogen-bond acceptors (Lipinski definition) is 5. The van der Waals surface area contributed by atoms with Gasteiger partial charge in [-0.15, -0.1) is 0 Å². The normalized spacial score (nSPS) is 17.8. The zero-order valence-corrected chi connectivity index (χ0v) is 15.8. The van der Waals surface area contributed by atoms with Gasteiger partial charge in [0.25, 0.3) is 0 Å². The first-order chi connectivity index (χ1) is 13.7. The molecule has 170 valence electrons. The van der Waals surface area contributed by atoms with Crippen molar-refractivity contribution in [1.29, 1.82) is 0 Å². The molecule has 1 fully saturated rings. The highest BCUT2D eigenvalue weighted by molar-refractivity contribution is 7.89. The maximum atomic E-state index is 12.6. The fourth-order valence-electron chi connectivity index (χ4n) is 2.55. The van der Waals surface area contributed by atoms with Crippen molar-refractivity contribution in [3.05, 3.63) is 18.2 Å². The van der Waals surface area contributed by atoms with Gasteiger partial charge in [0.15, 0.2) is 13.2 Å². The predicted octanol–water partition coefficient (Wildman–Crippen LogP) is 2.60. The Labute approximate surface area is 166 Å². The van der Waals surface area contributed by atoms with E-state index in [0.29, 0.717) is 6.07 Å². The second-order valence-electron chi connectivity index (χ2n) is 6.25. The van der Waals surface area contributed by atoms with Crippen LogP contribution in [-0.4, -0.2) is 69.2 Å². The Hall–Kier alpha value is -2.42. The molecule has 2 N–H and O–H groups in total. The lowest BCUT2D eigenvalue weighted by atomic mass is 10.3. The molecule has 1 aromatic carbocycles. The van der Waals surface area contributed by atoms with E-state index in [2.05, 4.69) is 14.2 Å². The molecule has 30 heavy (non-hydrogen) atoms. The Morgan fingerprint density at radius 2 is 1.73 bits per heavy atom. The van der Waals surface area contributed by atoms with Crippen molar-refractivity contribution in [1.82, 2.24) is 9.62 Å². The Balaban J connectivity index is 2.28. The molecule has 0 aliphatic carbocycles. The summed E-state index contributed by atoms with van der Waals surface area (Å²) in [5, 5.41) is 8.91. The van der Waals surface area contributed by atoms with Crippen LogP contribution in [0.5, 0.6) is 11.5 Å². The number of halogens is 6. The molecule has 1 aliphatic rings. The lowest BCUT2D eigenvalue weighted by molar-refractivity contribution is -0.154. The first-order valence-corrected chi connectivity index (χ1v) is 9.68. The van der Waals surface area contributed by atoms with Crippen molar-refractivity contribution >= 4 is 16.1 Å². The minimum Gasteiger partial charge on any atom is -0.484 e. The van der Waals surface area contributed by atoms with Crippen LogP contribution in [-0.2, 0) is 10.0 Å². The topological polar surface area (TPSA) is 105 Å². The zero-order chi connectivity index (χ0) is 22.7. The summed E-state index contributed by atoms with van der Waals surface area (Å²) < 4.78 is 111. The summed E-state index contributed by atoms with van der Waals surface area (Å²) in [7, 11) is -4.59. The molecular weight excluding hydrogens is 450 g/mol. The minimum atomic E-state index is -4.80. The van der Waals surface area contributed by atoms with Gasteiger partial charge in [-0.3, -0.25) is 0 Å². The predicted molar refractivity (Wildman–Crippen MR) is 87.9 cm³/mol. The number of nitrogens with one attached hydrogen (secondary N) is 1. The second-order valence-corrected chi connectivity index (χ2v) is 7.93. The van der Waals surface area contributed by atoms with Crippen LogP contribution < -0.4 is 14.2 Å². The number of sulfonamides is 1. The van der Waals surface area contributed by atoms with Crippen molar-refractivity contribution in [3.8, 4) is 11.5 Å². The van der Waals surface area contributed by atoms with E-state index in [1.807, 2.05) is 0 Å². The maximum absolute atomic E-state index is 12.6. The van der Waals surface area contributed by atoms with Crippen LogP contribution in [0.15, 0.2) is 23.1 Å². The highest BCUT2D eigenvalue weighted by Crippen LogP contribution is 2.31. The van der Waals surface area contributed by atoms with Crippen molar-refractivity contribution in [2.75, 3.05) is 26.3 Å². The van der Waals surface area contributed by atoms with Gasteiger partial charge in [-0.25, -0.2) is 17.9 Å². The largest absolute Gasteiger partial charge is 0.484 e. The average Bonchev–Trinajstić information content (AvgIpc) is 3.05. The van der Waals surface area contributed by atoms with Gasteiger partial charge >= 0.3 is 18.4 Å². The molecule has 1 heterocycles. The lowest BCUT2D eigenvalue weighted by Gasteiger charge is -2.18. The number of likely N-dealkylation sites (tertiary alicyclic amines) is 1. The molecule has 1 aromatic rings. The quantitative estimate of drug-likeness (QED) is 0.599. The fraction of sp³-hybridized carbons (Fsp3) is 0.533. The van der Waals surface area contributed by atoms with Gasteiger partial charge in [0.05, 0.1) is 0 Å². The molecule has 0 aromatic heterocycles. The van der Waals surface area contributed by atoms with E-state index in [0.717, 1.165) is 17.0 Å². The summed E-state index contributed by atoms with van der Waals surface area (Å²) >= 11 is 0. The van der Waals surface area contributed by atoms with Crippen LogP contribution >= 0.6 is 0 Å². The van der Waals surface area contributed by atoms with Gasteiger partial charge in [-0.1, -0.05) is 0 Å². The summed E-state index contributed by atoms with van der Waals surface area (Å²) in [6.45, 7) is -3.78. The number of hydrogen-bond donors (Lipinski definition) is 2. The molecule has 2 rings (SSSR count). The number of ether oxygens (including phenoxy) is 2. The number of benzene rings is 1. The van der Waals surface area contributed by atoms with Gasteiger partial charge in [0.1, 0.15) is 16.4 Å². The molecule has 0 radical (unpaired) electrons. The fourth-order valence-corrected chi connectivity index (χ4v) is 3.97. The summed E-state index contributed by atoms with van der Waals surface area (Å²) in [5.74, 6) is -1.32. The molecule has 8 nitrogen and oxygen atoms in total. The number of carbonyl (C=O) groups is 1. The standard InChI is InChI=1S/C15H16F6N2O6S/c16-14(17,18)7-28-10-1-2-11(29-8-15(19,20)21)12(5-10)30(26,27)22-9-3-4-23(6-9)13(24)25/h1-2,5,9,22H,3-4,6-8H2,(H,24,25)/t9-/m1/s1. The van der Waals surface area contributed by atoms with Gasteiger partial charge in [-0.05, 0) is 18.6 Å². The van der Waals surface area contributed by atoms with E-state index in [9.17, 15) is 39.6 Å². The van der Waals surface area contributed by atoms with Crippen molar-refractivity contribution in [2.45, 2.75) is 29.7 Å². The monoisotopic (exact) mass is 466 g/mol. The van der Waals surface area contributed by atoms with Gasteiger partial charge in [0, 0.05) is 25.2 Å². The summed E-state index contributed by atoms with van der Waals surface area (Å²) in [6.07, 6.45) is -10.7. The number of rotatable bonds is 7. The molecule has 1 atom stereocenters. The molecule has 15 heteroatoms. The Morgan fingerprint density at radius 1 is 1.13 bits per heavy atom. The SMILES string of the molecule is O=C(O)N1CC[C@@H](NS(=O)(=O)c2cc(OCC(F)(F)F)ccc2OCC(F)(F)F)C1. The van der Waals surface area contributed by atoms with E-state index in [4.69, 9.17) is 5.11 Å². The molecule has 1 aliphatic heterocycles. The van der Waals surface area contributed by atoms with Crippen LogP contribution in [0.1, 0.15) is 6.42 Å². The minimum absolute atomic E-state index is 0.0225. The molecule has 0 spiro atoms. The highest BCUT2D eigenvalue weighted by atomic mass is 32.2. The Kier molecular flexibility index (Phi) is 6.96. The second kappa shape index (κ2) is 8.75. The maximum Gasteiger partial charge on any atom is 0.422 e. The zero-order valence-electron chi connectivity index (χ0n) is 15.0. The average molecular weight is 466 g/mol. The summed E-state index contributed by atoms with van der Waals surface area (Å²) in [4.78, 5) is 11.0. The Morgan fingerprint density at radius 3 is 2.27 bits per heavy atom. The highest BCUT2D eigenvalue weighted by Gasteiger charge is 2.34. The van der Waals surface area contributed by atoms with Crippen LogP contribution in [0.2, 0.25) is 0 Å². The molecular formula is C15H16F6N2O6S. The number of carboxylic acid groups (broad SMARTS) is 1. The Bertz CT molecular complexity index is 873. The van der Waals surface area contributed by atoms with Crippen LogP contribution in [0, 0.1) is 0 Å². The third kappa shape index (κ3) is 7.12. The first kappa shape index (κ1) is 23.9. The van der Waals surface area contributed by atoms with Gasteiger partial charge in [-0.2, -0.15) is 26.3 Å². The van der Waals surface area contributed by atoms with E-state index in [-0.39, 0.29) is 19.5 Å². The number of alkyl halides is 6. The van der Waals surface area contributed by atoms with E-state index < -0.39 is 64.1 Å². The molecule has 0 bridgehead atoms. The molecule has 0 saturated carbocycles. The summed E-state index contributed by atoms with van der Waals surface area (Å²) in [6, 6.07) is 1.29. The molecule has 0 unspecified atom stereocenters. The van der Waals surface area contributed by atoms with E-state index in [1.54, 1.807) is 0 Å². The van der Waals surface area contributed by atoms with Crippen molar-refractivity contribution < 1.29 is 54.1 Å². The van der Waals surface area contributed by atoms with Crippen LogP contribution in [0.25, 0.3) is 0 Å². The van der Waals surface area contributed by atoms with Crippen LogP contribution in [0.4, 0.5) is 31.1 Å². The smallest absolute Gasteiger partial charge is 0.422 e. The van der Waals surface area contributed by atoms with Crippen molar-refractivity contribution in [3.63, 3.8) is 0 Å². The third-order valence-corrected chi connectivity index (χ3v) is 5.32. The molecule has 1 saturated heterocycles. The van der Waals surface area contributed by atoms with Gasteiger partial charge in [0.2, 0.25) is 10.0 Å².